The molecule has 0 aliphatic heterocycles. The van der Waals surface area contributed by atoms with Crippen LogP contribution in [0, 0.1) is 0 Å². The molecule has 0 unspecified atom stereocenters. The van der Waals surface area contributed by atoms with Crippen LogP contribution in [0.2, 0.25) is 0 Å². The number of anilines is 3. The van der Waals surface area contributed by atoms with Gasteiger partial charge in [-0.2, -0.15) is 0 Å². The lowest BCUT2D eigenvalue weighted by molar-refractivity contribution is 1.28. The first-order chi connectivity index (χ1) is 34.2. The number of rotatable bonds is 10. The third-order valence-corrected chi connectivity index (χ3v) is 13.5. The molecule has 0 heterocycles. The quantitative estimate of drug-likeness (QED) is 0.124. The minimum atomic E-state index is 1.07. The Morgan fingerprint density at radius 3 is 1.12 bits per heavy atom. The van der Waals surface area contributed by atoms with E-state index < -0.39 is 0 Å². The molecule has 1 heteroatoms. The van der Waals surface area contributed by atoms with E-state index in [0.29, 0.717) is 0 Å². The number of nitrogens with zero attached hydrogens (tertiary/aromatic N) is 1. The maximum Gasteiger partial charge on any atom is 0.0540 e. The van der Waals surface area contributed by atoms with Crippen molar-refractivity contribution in [3.8, 4) is 77.9 Å². The van der Waals surface area contributed by atoms with Crippen LogP contribution in [0.15, 0.2) is 285 Å². The summed E-state index contributed by atoms with van der Waals surface area (Å²) in [6.45, 7) is 0. The van der Waals surface area contributed by atoms with E-state index in [4.69, 9.17) is 0 Å². The van der Waals surface area contributed by atoms with E-state index in [1.807, 2.05) is 0 Å². The molecule has 0 saturated heterocycles. The first kappa shape index (κ1) is 41.4. The lowest BCUT2D eigenvalue weighted by Crippen LogP contribution is -2.11. The second-order valence-corrected chi connectivity index (χ2v) is 17.6. The highest BCUT2D eigenvalue weighted by Gasteiger charge is 2.21. The Morgan fingerprint density at radius 1 is 0.188 bits per heavy atom. The molecule has 12 rings (SSSR count). The molecule has 0 aromatic heterocycles. The van der Waals surface area contributed by atoms with E-state index >= 15 is 0 Å². The molecular formula is C68H47N. The van der Waals surface area contributed by atoms with Crippen LogP contribution in [0.4, 0.5) is 17.1 Å². The predicted octanol–water partition coefficient (Wildman–Crippen LogP) is 19.1. The average molecular weight is 878 g/mol. The van der Waals surface area contributed by atoms with Crippen molar-refractivity contribution >= 4 is 38.6 Å². The van der Waals surface area contributed by atoms with Crippen molar-refractivity contribution in [2.75, 3.05) is 4.90 Å². The molecule has 0 spiro atoms. The minimum Gasteiger partial charge on any atom is -0.310 e. The predicted molar refractivity (Wildman–Crippen MR) is 294 cm³/mol. The summed E-state index contributed by atoms with van der Waals surface area (Å²) < 4.78 is 0. The summed E-state index contributed by atoms with van der Waals surface area (Å²) in [5, 5.41) is 5.03. The molecule has 12 aromatic carbocycles. The molecule has 0 bridgehead atoms. The molecule has 69 heavy (non-hydrogen) atoms. The fourth-order valence-electron chi connectivity index (χ4n) is 10.1. The Balaban J connectivity index is 1.01. The van der Waals surface area contributed by atoms with Gasteiger partial charge in [-0.15, -0.1) is 0 Å². The zero-order valence-electron chi connectivity index (χ0n) is 38.1. The molecule has 0 fully saturated rings. The summed E-state index contributed by atoms with van der Waals surface area (Å²) in [6.07, 6.45) is 0. The largest absolute Gasteiger partial charge is 0.310 e. The lowest BCUT2D eigenvalue weighted by Gasteiger charge is -2.29. The molecule has 0 saturated carbocycles. The molecule has 0 atom stereocenters. The third-order valence-electron chi connectivity index (χ3n) is 13.5. The topological polar surface area (TPSA) is 3.24 Å². The van der Waals surface area contributed by atoms with Gasteiger partial charge in [0.15, 0.2) is 0 Å². The van der Waals surface area contributed by atoms with E-state index in [1.54, 1.807) is 0 Å². The van der Waals surface area contributed by atoms with Crippen LogP contribution in [0.1, 0.15) is 0 Å². The van der Waals surface area contributed by atoms with Crippen molar-refractivity contribution in [1.82, 2.24) is 0 Å². The smallest absolute Gasteiger partial charge is 0.0540 e. The zero-order chi connectivity index (χ0) is 45.9. The Hall–Kier alpha value is -9.04. The Labute approximate surface area is 404 Å². The van der Waals surface area contributed by atoms with Gasteiger partial charge < -0.3 is 4.90 Å². The van der Waals surface area contributed by atoms with Crippen LogP contribution in [0.5, 0.6) is 0 Å². The van der Waals surface area contributed by atoms with Crippen molar-refractivity contribution in [2.24, 2.45) is 0 Å². The van der Waals surface area contributed by atoms with Crippen LogP contribution >= 0.6 is 0 Å². The van der Waals surface area contributed by atoms with Gasteiger partial charge >= 0.3 is 0 Å². The van der Waals surface area contributed by atoms with Gasteiger partial charge in [-0.3, -0.25) is 0 Å². The first-order valence-corrected chi connectivity index (χ1v) is 23.7. The van der Waals surface area contributed by atoms with Crippen molar-refractivity contribution < 1.29 is 0 Å². The number of para-hydroxylation sites is 1. The van der Waals surface area contributed by atoms with E-state index in [9.17, 15) is 0 Å². The zero-order valence-corrected chi connectivity index (χ0v) is 38.1. The number of fused-ring (bicyclic) bond motifs is 3. The van der Waals surface area contributed by atoms with Gasteiger partial charge in [-0.25, -0.2) is 0 Å². The molecule has 324 valence electrons. The molecular weight excluding hydrogens is 831 g/mol. The van der Waals surface area contributed by atoms with Crippen molar-refractivity contribution in [1.29, 1.82) is 0 Å². The Kier molecular flexibility index (Phi) is 11.0. The van der Waals surface area contributed by atoms with Crippen molar-refractivity contribution in [3.05, 3.63) is 285 Å². The van der Waals surface area contributed by atoms with Gasteiger partial charge in [0.05, 0.1) is 5.69 Å². The van der Waals surface area contributed by atoms with E-state index in [1.165, 1.54) is 88.3 Å². The fourth-order valence-corrected chi connectivity index (χ4v) is 10.1. The molecule has 12 aromatic rings. The van der Waals surface area contributed by atoms with Crippen LogP contribution in [0.25, 0.3) is 99.4 Å². The molecule has 0 aliphatic rings. The van der Waals surface area contributed by atoms with Gasteiger partial charge in [0, 0.05) is 16.9 Å². The maximum absolute atomic E-state index is 2.43. The molecule has 0 radical (unpaired) electrons. The van der Waals surface area contributed by atoms with E-state index in [2.05, 4.69) is 290 Å². The van der Waals surface area contributed by atoms with Crippen LogP contribution in [-0.2, 0) is 0 Å². The lowest BCUT2D eigenvalue weighted by atomic mass is 9.88. The van der Waals surface area contributed by atoms with E-state index in [0.717, 1.165) is 28.2 Å². The number of hydrogen-bond donors (Lipinski definition) is 0. The minimum absolute atomic E-state index is 1.07. The van der Waals surface area contributed by atoms with Gasteiger partial charge in [-0.05, 0) is 148 Å². The SMILES string of the molecule is c1ccc(-c2cc(-c3ccccc3)cc(-c3ccc(N(c4ccc(-c5cc6ccccc6c6ccccc56)cc4)c4ccccc4-c4ccccc4-c4ccccc4-c4ccccc4)cc3)c2)cc1. The van der Waals surface area contributed by atoms with Crippen LogP contribution < -0.4 is 4.90 Å². The normalized spacial score (nSPS) is 11.2. The van der Waals surface area contributed by atoms with Gasteiger partial charge in [0.1, 0.15) is 0 Å². The molecule has 0 amide bonds. The molecule has 0 aliphatic carbocycles. The van der Waals surface area contributed by atoms with Gasteiger partial charge in [0.25, 0.3) is 0 Å². The summed E-state index contributed by atoms with van der Waals surface area (Å²) in [6, 6.07) is 104. The van der Waals surface area contributed by atoms with Crippen LogP contribution in [-0.4, -0.2) is 0 Å². The molecule has 1 nitrogen and oxygen atoms in total. The second kappa shape index (κ2) is 18.3. The maximum atomic E-state index is 2.43. The standard InChI is InChI=1S/C68H47N/c1-4-20-48(21-5-1)54-44-55(49-22-6-2-7-23-49)46-56(45-54)50-36-40-57(41-37-50)69(58-42-38-52(39-43-58)67-47-53-26-10-11-28-60(53)62-30-14-17-33-65(62)67)68-35-19-18-34-66(68)64-32-16-15-31-63(64)61-29-13-12-27-59(61)51-24-8-3-9-25-51/h1-47H. The monoisotopic (exact) mass is 877 g/mol. The van der Waals surface area contributed by atoms with Gasteiger partial charge in [0.2, 0.25) is 0 Å². The summed E-state index contributed by atoms with van der Waals surface area (Å²) in [5.41, 5.74) is 19.9. The summed E-state index contributed by atoms with van der Waals surface area (Å²) >= 11 is 0. The summed E-state index contributed by atoms with van der Waals surface area (Å²) in [4.78, 5) is 2.43. The summed E-state index contributed by atoms with van der Waals surface area (Å²) in [7, 11) is 0. The van der Waals surface area contributed by atoms with Crippen molar-refractivity contribution in [2.45, 2.75) is 0 Å². The Morgan fingerprint density at radius 2 is 0.551 bits per heavy atom. The molecule has 0 N–H and O–H groups in total. The fraction of sp³-hybridized carbons (Fsp3) is 0. The third kappa shape index (κ3) is 8.07. The highest BCUT2D eigenvalue weighted by molar-refractivity contribution is 6.14. The highest BCUT2D eigenvalue weighted by Crippen LogP contribution is 2.46. The number of hydrogen-bond acceptors (Lipinski definition) is 1. The van der Waals surface area contributed by atoms with Crippen LogP contribution in [0.3, 0.4) is 0 Å². The highest BCUT2D eigenvalue weighted by atomic mass is 15.1. The van der Waals surface area contributed by atoms with E-state index in [-0.39, 0.29) is 0 Å². The van der Waals surface area contributed by atoms with Crippen molar-refractivity contribution in [3.63, 3.8) is 0 Å². The number of benzene rings is 12. The summed E-state index contributed by atoms with van der Waals surface area (Å²) in [5.74, 6) is 0. The van der Waals surface area contributed by atoms with Gasteiger partial charge in [-0.1, -0.05) is 231 Å². The second-order valence-electron chi connectivity index (χ2n) is 17.6. The Bertz CT molecular complexity index is 3690. The first-order valence-electron chi connectivity index (χ1n) is 23.7. The average Bonchev–Trinajstić information content (AvgIpc) is 3.44.